The third-order valence-corrected chi connectivity index (χ3v) is 5.30. The summed E-state index contributed by atoms with van der Waals surface area (Å²) in [4.78, 5) is 30.1. The number of carboxylic acid groups (broad SMARTS) is 1. The molecule has 1 N–H and O–H groups in total. The lowest BCUT2D eigenvalue weighted by Gasteiger charge is -2.19. The molecular weight excluding hydrogens is 331 g/mol. The highest BCUT2D eigenvalue weighted by Gasteiger charge is 2.42. The number of carbonyl (C=O) groups excluding carboxylic acids is 1. The molecular formula is C17H17FN2O3S. The maximum absolute atomic E-state index is 12.9. The van der Waals surface area contributed by atoms with Crippen LogP contribution in [0.2, 0.25) is 0 Å². The highest BCUT2D eigenvalue weighted by molar-refractivity contribution is 7.13. The first-order valence-electron chi connectivity index (χ1n) is 7.59. The number of aliphatic carboxylic acids is 1. The number of hydrogen-bond donors (Lipinski definition) is 1. The Balaban J connectivity index is 1.68. The summed E-state index contributed by atoms with van der Waals surface area (Å²) in [5.74, 6) is -1.34. The standard InChI is InChI=1S/C17H17FN2O3S/c1-17(16(22)23)6-7-20(10-17)15(21)13-9-19-14(24-13)8-11-2-4-12(18)5-3-11/h2-5,9H,6-8,10H2,1H3,(H,22,23)/t17-/m0/s1. The van der Waals surface area contributed by atoms with Gasteiger partial charge in [0.05, 0.1) is 16.6 Å². The van der Waals surface area contributed by atoms with E-state index in [0.717, 1.165) is 10.6 Å². The Morgan fingerprint density at radius 3 is 2.71 bits per heavy atom. The van der Waals surface area contributed by atoms with Crippen molar-refractivity contribution in [2.45, 2.75) is 19.8 Å². The van der Waals surface area contributed by atoms with Crippen LogP contribution in [0, 0.1) is 11.2 Å². The number of carbonyl (C=O) groups is 2. The molecule has 2 aromatic rings. The van der Waals surface area contributed by atoms with Gasteiger partial charge in [0.15, 0.2) is 0 Å². The zero-order valence-electron chi connectivity index (χ0n) is 13.2. The molecule has 5 nitrogen and oxygen atoms in total. The van der Waals surface area contributed by atoms with E-state index in [9.17, 15) is 19.1 Å². The Morgan fingerprint density at radius 1 is 1.38 bits per heavy atom. The molecule has 2 heterocycles. The molecule has 0 bridgehead atoms. The minimum absolute atomic E-state index is 0.178. The van der Waals surface area contributed by atoms with Gasteiger partial charge in [-0.2, -0.15) is 0 Å². The predicted molar refractivity (Wildman–Crippen MR) is 87.6 cm³/mol. The van der Waals surface area contributed by atoms with E-state index in [1.165, 1.54) is 29.7 Å². The third-order valence-electron chi connectivity index (χ3n) is 4.31. The fraction of sp³-hybridized carbons (Fsp3) is 0.353. The molecule has 3 rings (SSSR count). The molecule has 1 aliphatic rings. The van der Waals surface area contributed by atoms with Crippen molar-refractivity contribution in [3.8, 4) is 0 Å². The maximum atomic E-state index is 12.9. The Hall–Kier alpha value is -2.28. The number of carboxylic acids is 1. The van der Waals surface area contributed by atoms with Crippen molar-refractivity contribution in [3.63, 3.8) is 0 Å². The molecule has 1 aromatic carbocycles. The van der Waals surface area contributed by atoms with E-state index < -0.39 is 11.4 Å². The number of hydrogen-bond acceptors (Lipinski definition) is 4. The smallest absolute Gasteiger partial charge is 0.311 e. The summed E-state index contributed by atoms with van der Waals surface area (Å²) in [7, 11) is 0. The van der Waals surface area contributed by atoms with Gasteiger partial charge in [-0.25, -0.2) is 9.37 Å². The molecule has 24 heavy (non-hydrogen) atoms. The van der Waals surface area contributed by atoms with Crippen molar-refractivity contribution in [2.75, 3.05) is 13.1 Å². The molecule has 0 saturated carbocycles. The second-order valence-corrected chi connectivity index (χ2v) is 7.38. The number of aromatic nitrogens is 1. The predicted octanol–water partition coefficient (Wildman–Crippen LogP) is 2.81. The highest BCUT2D eigenvalue weighted by Crippen LogP contribution is 2.31. The third kappa shape index (κ3) is 3.31. The van der Waals surface area contributed by atoms with Crippen LogP contribution in [-0.4, -0.2) is 40.0 Å². The molecule has 0 radical (unpaired) electrons. The van der Waals surface area contributed by atoms with E-state index in [2.05, 4.69) is 4.98 Å². The molecule has 1 aromatic heterocycles. The minimum Gasteiger partial charge on any atom is -0.481 e. The number of nitrogens with zero attached hydrogens (tertiary/aromatic N) is 2. The summed E-state index contributed by atoms with van der Waals surface area (Å²) in [6, 6.07) is 6.17. The average molecular weight is 348 g/mol. The van der Waals surface area contributed by atoms with Gasteiger partial charge in [-0.15, -0.1) is 11.3 Å². The summed E-state index contributed by atoms with van der Waals surface area (Å²) in [5, 5.41) is 10.0. The summed E-state index contributed by atoms with van der Waals surface area (Å²) in [5.41, 5.74) is 0.0430. The normalized spacial score (nSPS) is 20.3. The topological polar surface area (TPSA) is 70.5 Å². The molecule has 1 fully saturated rings. The number of rotatable bonds is 4. The van der Waals surface area contributed by atoms with Gasteiger partial charge in [0, 0.05) is 19.5 Å². The zero-order chi connectivity index (χ0) is 17.3. The Labute approximate surface area is 142 Å². The van der Waals surface area contributed by atoms with Crippen LogP contribution < -0.4 is 0 Å². The molecule has 126 valence electrons. The van der Waals surface area contributed by atoms with Crippen molar-refractivity contribution in [1.29, 1.82) is 0 Å². The van der Waals surface area contributed by atoms with Crippen molar-refractivity contribution >= 4 is 23.2 Å². The summed E-state index contributed by atoms with van der Waals surface area (Å²) >= 11 is 1.29. The minimum atomic E-state index is -0.878. The van der Waals surface area contributed by atoms with Crippen LogP contribution >= 0.6 is 11.3 Å². The molecule has 0 spiro atoms. The van der Waals surface area contributed by atoms with Crippen LogP contribution in [0.3, 0.4) is 0 Å². The first-order valence-corrected chi connectivity index (χ1v) is 8.41. The first kappa shape index (κ1) is 16.6. The monoisotopic (exact) mass is 348 g/mol. The summed E-state index contributed by atoms with van der Waals surface area (Å²) in [6.07, 6.45) is 2.52. The number of thiazole rings is 1. The van der Waals surface area contributed by atoms with E-state index >= 15 is 0 Å². The fourth-order valence-corrected chi connectivity index (χ4v) is 3.65. The van der Waals surface area contributed by atoms with Crippen LogP contribution in [0.1, 0.15) is 33.6 Å². The molecule has 1 amide bonds. The number of amides is 1. The summed E-state index contributed by atoms with van der Waals surface area (Å²) < 4.78 is 12.9. The van der Waals surface area contributed by atoms with Gasteiger partial charge >= 0.3 is 5.97 Å². The van der Waals surface area contributed by atoms with Crippen molar-refractivity contribution in [3.05, 3.63) is 51.7 Å². The fourth-order valence-electron chi connectivity index (χ4n) is 2.73. The van der Waals surface area contributed by atoms with Crippen LogP contribution in [0.4, 0.5) is 4.39 Å². The molecule has 7 heteroatoms. The molecule has 0 aliphatic carbocycles. The van der Waals surface area contributed by atoms with E-state index in [1.807, 2.05) is 0 Å². The van der Waals surface area contributed by atoms with E-state index in [-0.39, 0.29) is 18.3 Å². The number of benzene rings is 1. The van der Waals surface area contributed by atoms with Gasteiger partial charge in [0.25, 0.3) is 5.91 Å². The van der Waals surface area contributed by atoms with Gasteiger partial charge in [-0.3, -0.25) is 9.59 Å². The molecule has 1 atom stereocenters. The Bertz CT molecular complexity index is 774. The van der Waals surface area contributed by atoms with Crippen LogP contribution in [0.25, 0.3) is 0 Å². The second-order valence-electron chi connectivity index (χ2n) is 6.26. The molecule has 0 unspecified atom stereocenters. The Kier molecular flexibility index (Phi) is 4.36. The number of likely N-dealkylation sites (tertiary alicyclic amines) is 1. The second kappa shape index (κ2) is 6.32. The largest absolute Gasteiger partial charge is 0.481 e. The quantitative estimate of drug-likeness (QED) is 0.922. The highest BCUT2D eigenvalue weighted by atomic mass is 32.1. The summed E-state index contributed by atoms with van der Waals surface area (Å²) in [6.45, 7) is 2.31. The van der Waals surface area contributed by atoms with Gasteiger partial charge in [0.1, 0.15) is 10.7 Å². The lowest BCUT2D eigenvalue weighted by Crippen LogP contribution is -2.34. The molecule has 1 saturated heterocycles. The van der Waals surface area contributed by atoms with Gasteiger partial charge < -0.3 is 10.0 Å². The first-order chi connectivity index (χ1) is 11.4. The van der Waals surface area contributed by atoms with Crippen molar-refractivity contribution in [2.24, 2.45) is 5.41 Å². The van der Waals surface area contributed by atoms with E-state index in [4.69, 9.17) is 0 Å². The zero-order valence-corrected chi connectivity index (χ0v) is 14.0. The van der Waals surface area contributed by atoms with Crippen LogP contribution in [-0.2, 0) is 11.2 Å². The van der Waals surface area contributed by atoms with Crippen molar-refractivity contribution < 1.29 is 19.1 Å². The SMILES string of the molecule is C[C@]1(C(=O)O)CCN(C(=O)c2cnc(Cc3ccc(F)cc3)s2)C1. The average Bonchev–Trinajstić information content (AvgIpc) is 3.17. The van der Waals surface area contributed by atoms with Gasteiger partial charge in [-0.05, 0) is 31.0 Å². The van der Waals surface area contributed by atoms with E-state index in [1.54, 1.807) is 24.0 Å². The lowest BCUT2D eigenvalue weighted by molar-refractivity contribution is -0.147. The van der Waals surface area contributed by atoms with Gasteiger partial charge in [0.2, 0.25) is 0 Å². The Morgan fingerprint density at radius 2 is 2.08 bits per heavy atom. The van der Waals surface area contributed by atoms with Gasteiger partial charge in [-0.1, -0.05) is 12.1 Å². The van der Waals surface area contributed by atoms with Crippen molar-refractivity contribution in [1.82, 2.24) is 9.88 Å². The molecule has 1 aliphatic heterocycles. The van der Waals surface area contributed by atoms with E-state index in [0.29, 0.717) is 24.3 Å². The van der Waals surface area contributed by atoms with Crippen LogP contribution in [0.5, 0.6) is 0 Å². The number of halogens is 1. The van der Waals surface area contributed by atoms with Crippen LogP contribution in [0.15, 0.2) is 30.5 Å². The lowest BCUT2D eigenvalue weighted by atomic mass is 9.90. The maximum Gasteiger partial charge on any atom is 0.311 e.